The molecule has 236 valence electrons. The highest BCUT2D eigenvalue weighted by Gasteiger charge is 2.27. The van der Waals surface area contributed by atoms with E-state index in [1.54, 1.807) is 12.1 Å². The Morgan fingerprint density at radius 3 is 2.57 bits per heavy atom. The number of fused-ring (bicyclic) bond motifs is 2. The lowest BCUT2D eigenvalue weighted by Gasteiger charge is -2.15. The topological polar surface area (TPSA) is 245 Å². The number of aryl methyl sites for hydroxylation is 1. The van der Waals surface area contributed by atoms with Gasteiger partial charge >= 0.3 is 5.76 Å². The van der Waals surface area contributed by atoms with Crippen LogP contribution in [0.3, 0.4) is 0 Å². The zero-order valence-electron chi connectivity index (χ0n) is 24.5. The van der Waals surface area contributed by atoms with Crippen LogP contribution in [0.25, 0.3) is 17.0 Å². The number of aromatic nitrogens is 5. The fourth-order valence-electron chi connectivity index (χ4n) is 5.66. The van der Waals surface area contributed by atoms with Gasteiger partial charge in [0.05, 0.1) is 17.9 Å². The molecule has 6 aromatic rings. The number of H-pyrrole nitrogens is 1. The second-order valence-electron chi connectivity index (χ2n) is 11.1. The van der Waals surface area contributed by atoms with E-state index in [0.29, 0.717) is 24.2 Å². The number of nitrogen functional groups attached to an aromatic ring is 2. The SMILES string of the molecule is Nc1c(NCc2cccc(CNC(=O)c3cc(C(=O)N[C@H]4CCc5cc(-c6noc(=O)[nH]6)ccc54)nc4c(N)cnn34)c2)c(=O)c1=O. The molecule has 2 amide bonds. The van der Waals surface area contributed by atoms with Crippen molar-refractivity contribution in [3.05, 3.63) is 119 Å². The van der Waals surface area contributed by atoms with Gasteiger partial charge in [-0.1, -0.05) is 41.6 Å². The average Bonchev–Trinajstić information content (AvgIpc) is 3.81. The van der Waals surface area contributed by atoms with Crippen LogP contribution >= 0.6 is 0 Å². The van der Waals surface area contributed by atoms with Crippen LogP contribution in [0, 0.1) is 0 Å². The third-order valence-electron chi connectivity index (χ3n) is 8.07. The number of rotatable bonds is 9. The molecule has 0 fully saturated rings. The minimum atomic E-state index is -0.698. The van der Waals surface area contributed by atoms with Gasteiger partial charge in [-0.15, -0.1) is 0 Å². The molecule has 0 saturated carbocycles. The predicted octanol–water partition coefficient (Wildman–Crippen LogP) is 0.792. The van der Waals surface area contributed by atoms with E-state index < -0.39 is 28.4 Å². The van der Waals surface area contributed by atoms with Gasteiger partial charge in [0.1, 0.15) is 22.8 Å². The maximum atomic E-state index is 13.5. The maximum Gasteiger partial charge on any atom is 0.439 e. The summed E-state index contributed by atoms with van der Waals surface area (Å²) in [4.78, 5) is 68.2. The summed E-state index contributed by atoms with van der Waals surface area (Å²) in [5.41, 5.74) is 14.9. The van der Waals surface area contributed by atoms with Crippen molar-refractivity contribution in [3.8, 4) is 11.4 Å². The van der Waals surface area contributed by atoms with Crippen LogP contribution in [-0.4, -0.2) is 36.6 Å². The number of hydrogen-bond acceptors (Lipinski definition) is 12. The van der Waals surface area contributed by atoms with Gasteiger partial charge in [0, 0.05) is 24.7 Å². The highest BCUT2D eigenvalue weighted by atomic mass is 16.5. The number of amides is 2. The van der Waals surface area contributed by atoms with E-state index in [-0.39, 0.29) is 53.2 Å². The Morgan fingerprint density at radius 2 is 1.81 bits per heavy atom. The van der Waals surface area contributed by atoms with Crippen molar-refractivity contribution >= 4 is 34.5 Å². The van der Waals surface area contributed by atoms with Crippen LogP contribution in [0.5, 0.6) is 0 Å². The highest BCUT2D eigenvalue weighted by Crippen LogP contribution is 2.33. The van der Waals surface area contributed by atoms with Gasteiger partial charge in [0.25, 0.3) is 22.7 Å². The molecule has 3 aromatic carbocycles. The minimum Gasteiger partial charge on any atom is -0.394 e. The van der Waals surface area contributed by atoms with Crippen LogP contribution in [0.15, 0.2) is 73.6 Å². The Bertz CT molecular complexity index is 2350. The molecule has 1 aliphatic rings. The summed E-state index contributed by atoms with van der Waals surface area (Å²) in [7, 11) is 0. The molecule has 16 heteroatoms. The van der Waals surface area contributed by atoms with Crippen molar-refractivity contribution in [2.24, 2.45) is 0 Å². The average molecular weight is 635 g/mol. The molecule has 0 aliphatic heterocycles. The van der Waals surface area contributed by atoms with Crippen molar-refractivity contribution in [1.82, 2.24) is 35.4 Å². The second-order valence-corrected chi connectivity index (χ2v) is 11.1. The summed E-state index contributed by atoms with van der Waals surface area (Å²) in [6.45, 7) is 0.391. The molecule has 1 aliphatic carbocycles. The first-order chi connectivity index (χ1) is 22.7. The number of carbonyl (C=O) groups excluding carboxylic acids is 2. The number of carbonyl (C=O) groups is 2. The van der Waals surface area contributed by atoms with Gasteiger partial charge in [0.15, 0.2) is 11.5 Å². The molecule has 0 radical (unpaired) electrons. The fraction of sp³-hybridized carbons (Fsp3) is 0.161. The third kappa shape index (κ3) is 5.37. The van der Waals surface area contributed by atoms with Crippen molar-refractivity contribution in [2.75, 3.05) is 16.8 Å². The summed E-state index contributed by atoms with van der Waals surface area (Å²) in [6.07, 6.45) is 2.68. The zero-order valence-corrected chi connectivity index (χ0v) is 24.5. The number of anilines is 3. The Labute approximate surface area is 263 Å². The molecule has 3 heterocycles. The first-order valence-corrected chi connectivity index (χ1v) is 14.5. The molecule has 7 rings (SSSR count). The van der Waals surface area contributed by atoms with E-state index >= 15 is 0 Å². The number of aromatic amines is 1. The largest absolute Gasteiger partial charge is 0.439 e. The Kier molecular flexibility index (Phi) is 7.07. The van der Waals surface area contributed by atoms with Gasteiger partial charge < -0.3 is 27.4 Å². The van der Waals surface area contributed by atoms with E-state index in [1.807, 2.05) is 30.3 Å². The van der Waals surface area contributed by atoms with E-state index in [9.17, 15) is 24.0 Å². The molecule has 1 atom stereocenters. The predicted molar refractivity (Wildman–Crippen MR) is 169 cm³/mol. The Morgan fingerprint density at radius 1 is 1.00 bits per heavy atom. The van der Waals surface area contributed by atoms with Crippen LogP contribution in [0.1, 0.15) is 55.7 Å². The zero-order chi connectivity index (χ0) is 32.8. The van der Waals surface area contributed by atoms with Crippen molar-refractivity contribution in [1.29, 1.82) is 0 Å². The second kappa shape index (κ2) is 11.4. The van der Waals surface area contributed by atoms with Crippen LogP contribution in [-0.2, 0) is 19.5 Å². The van der Waals surface area contributed by atoms with E-state index in [4.69, 9.17) is 11.5 Å². The minimum absolute atomic E-state index is 0.00855. The smallest absolute Gasteiger partial charge is 0.394 e. The lowest BCUT2D eigenvalue weighted by atomic mass is 10.0. The summed E-state index contributed by atoms with van der Waals surface area (Å²) >= 11 is 0. The summed E-state index contributed by atoms with van der Waals surface area (Å²) in [5.74, 6) is -1.33. The molecule has 0 saturated heterocycles. The molecular weight excluding hydrogens is 608 g/mol. The molecule has 3 aromatic heterocycles. The number of benzene rings is 2. The third-order valence-corrected chi connectivity index (χ3v) is 8.07. The molecule has 16 nitrogen and oxygen atoms in total. The van der Waals surface area contributed by atoms with E-state index in [0.717, 1.165) is 22.3 Å². The molecule has 0 unspecified atom stereocenters. The summed E-state index contributed by atoms with van der Waals surface area (Å²) < 4.78 is 5.87. The van der Waals surface area contributed by atoms with Gasteiger partial charge in [-0.25, -0.2) is 14.3 Å². The number of nitrogens with zero attached hydrogens (tertiary/aromatic N) is 4. The molecule has 0 spiro atoms. The summed E-state index contributed by atoms with van der Waals surface area (Å²) in [5, 5.41) is 16.6. The lowest BCUT2D eigenvalue weighted by molar-refractivity contribution is 0.0931. The fourth-order valence-corrected chi connectivity index (χ4v) is 5.66. The molecule has 47 heavy (non-hydrogen) atoms. The first-order valence-electron chi connectivity index (χ1n) is 14.5. The van der Waals surface area contributed by atoms with Crippen LogP contribution in [0.2, 0.25) is 0 Å². The van der Waals surface area contributed by atoms with E-state index in [2.05, 4.69) is 40.7 Å². The molecular formula is C31H26N10O6. The summed E-state index contributed by atoms with van der Waals surface area (Å²) in [6, 6.07) is 13.9. The van der Waals surface area contributed by atoms with Crippen molar-refractivity contribution < 1.29 is 14.1 Å². The quantitative estimate of drug-likeness (QED) is 0.121. The van der Waals surface area contributed by atoms with Crippen LogP contribution in [0.4, 0.5) is 17.1 Å². The Balaban J connectivity index is 1.06. The number of hydrogen-bond donors (Lipinski definition) is 6. The number of nitrogens with one attached hydrogen (secondary N) is 4. The first kappa shape index (κ1) is 29.1. The van der Waals surface area contributed by atoms with Gasteiger partial charge in [-0.05, 0) is 41.2 Å². The standard InChI is InChI=1S/C31H26N10O6/c32-19-13-36-41-22(30(45)35-12-15-3-1-2-14(8-15)11-34-24-23(33)25(42)26(24)43)10-21(37-28(19)41)29(44)38-20-7-5-16-9-17(4-6-18(16)20)27-39-31(46)47-40-27/h1-4,6,8-10,13,20,34H,5,7,11-12,32-33H2,(H,35,45)(H,38,44)(H,39,40,46)/t20-/m0/s1. The molecule has 0 bridgehead atoms. The van der Waals surface area contributed by atoms with Crippen LogP contribution < -0.4 is 44.0 Å². The van der Waals surface area contributed by atoms with Gasteiger partial charge in [-0.3, -0.25) is 28.7 Å². The van der Waals surface area contributed by atoms with Gasteiger partial charge in [0.2, 0.25) is 0 Å². The highest BCUT2D eigenvalue weighted by molar-refractivity contribution is 5.99. The maximum absolute atomic E-state index is 13.5. The van der Waals surface area contributed by atoms with Gasteiger partial charge in [-0.2, -0.15) is 5.10 Å². The van der Waals surface area contributed by atoms with E-state index in [1.165, 1.54) is 16.8 Å². The molecule has 8 N–H and O–H groups in total. The Hall–Kier alpha value is -6.58. The monoisotopic (exact) mass is 634 g/mol. The van der Waals surface area contributed by atoms with Crippen molar-refractivity contribution in [2.45, 2.75) is 32.0 Å². The number of nitrogens with two attached hydrogens (primary N) is 2. The normalized spacial score (nSPS) is 13.9. The lowest BCUT2D eigenvalue weighted by Crippen LogP contribution is -2.36. The van der Waals surface area contributed by atoms with Crippen molar-refractivity contribution in [3.63, 3.8) is 0 Å².